The van der Waals surface area contributed by atoms with Gasteiger partial charge in [-0.3, -0.25) is 0 Å². The van der Waals surface area contributed by atoms with Crippen LogP contribution in [-0.4, -0.2) is 28.8 Å². The Morgan fingerprint density at radius 3 is 2.67 bits per heavy atom. The SMILES string of the molecule is CCCCC1(CCC(C)=O)CCN(c2nc3ccccc3[nH]2)CC1. The number of unbranched alkanes of at least 4 members (excludes halogenated alkanes) is 1. The molecule has 1 aliphatic heterocycles. The van der Waals surface area contributed by atoms with E-state index < -0.39 is 0 Å². The lowest BCUT2D eigenvalue weighted by atomic mass is 9.71. The molecular formula is C20H29N3O. The summed E-state index contributed by atoms with van der Waals surface area (Å²) >= 11 is 0. The van der Waals surface area contributed by atoms with Crippen molar-refractivity contribution in [2.45, 2.75) is 58.8 Å². The summed E-state index contributed by atoms with van der Waals surface area (Å²) < 4.78 is 0. The number of imidazole rings is 1. The molecule has 4 heteroatoms. The number of rotatable bonds is 7. The first-order valence-corrected chi connectivity index (χ1v) is 9.31. The predicted octanol–water partition coefficient (Wildman–Crippen LogP) is 4.71. The number of Topliss-reactive ketones (excluding diaryl/α,β-unsaturated/α-hetero) is 1. The van der Waals surface area contributed by atoms with Gasteiger partial charge in [0.1, 0.15) is 5.78 Å². The van der Waals surface area contributed by atoms with Gasteiger partial charge >= 0.3 is 0 Å². The Kier molecular flexibility index (Phi) is 5.22. The first-order valence-electron chi connectivity index (χ1n) is 9.31. The Morgan fingerprint density at radius 2 is 2.00 bits per heavy atom. The highest BCUT2D eigenvalue weighted by atomic mass is 16.1. The van der Waals surface area contributed by atoms with Crippen LogP contribution in [0.15, 0.2) is 24.3 Å². The Hall–Kier alpha value is -1.84. The molecule has 1 saturated heterocycles. The second-order valence-corrected chi connectivity index (χ2v) is 7.37. The third-order valence-corrected chi connectivity index (χ3v) is 5.57. The van der Waals surface area contributed by atoms with Gasteiger partial charge in [-0.15, -0.1) is 0 Å². The summed E-state index contributed by atoms with van der Waals surface area (Å²) in [4.78, 5) is 22.0. The van der Waals surface area contributed by atoms with Gasteiger partial charge < -0.3 is 14.7 Å². The van der Waals surface area contributed by atoms with E-state index in [0.717, 1.165) is 55.8 Å². The first-order chi connectivity index (χ1) is 11.6. The molecule has 1 fully saturated rings. The number of nitrogens with one attached hydrogen (secondary N) is 1. The molecule has 0 unspecified atom stereocenters. The molecular weight excluding hydrogens is 298 g/mol. The molecule has 0 saturated carbocycles. The number of fused-ring (bicyclic) bond motifs is 1. The fourth-order valence-corrected chi connectivity index (χ4v) is 3.90. The van der Waals surface area contributed by atoms with Crippen LogP contribution >= 0.6 is 0 Å². The zero-order chi connectivity index (χ0) is 17.0. The maximum Gasteiger partial charge on any atom is 0.203 e. The fraction of sp³-hybridized carbons (Fsp3) is 0.600. The fourth-order valence-electron chi connectivity index (χ4n) is 3.90. The summed E-state index contributed by atoms with van der Waals surface area (Å²) in [5.74, 6) is 1.32. The summed E-state index contributed by atoms with van der Waals surface area (Å²) in [5.41, 5.74) is 2.49. The number of aromatic amines is 1. The zero-order valence-corrected chi connectivity index (χ0v) is 15.0. The van der Waals surface area contributed by atoms with Gasteiger partial charge in [0.2, 0.25) is 5.95 Å². The highest BCUT2D eigenvalue weighted by Crippen LogP contribution is 2.41. The Bertz CT molecular complexity index is 650. The molecule has 0 bridgehead atoms. The van der Waals surface area contributed by atoms with Gasteiger partial charge in [-0.1, -0.05) is 31.9 Å². The van der Waals surface area contributed by atoms with E-state index in [1.165, 1.54) is 19.3 Å². The molecule has 1 aliphatic rings. The van der Waals surface area contributed by atoms with E-state index in [1.807, 2.05) is 12.1 Å². The number of para-hydroxylation sites is 2. The molecule has 1 aromatic carbocycles. The summed E-state index contributed by atoms with van der Waals surface area (Å²) in [7, 11) is 0. The number of nitrogens with zero attached hydrogens (tertiary/aromatic N) is 2. The number of carbonyl (C=O) groups excluding carboxylic acids is 1. The van der Waals surface area contributed by atoms with Gasteiger partial charge in [0.05, 0.1) is 11.0 Å². The van der Waals surface area contributed by atoms with Gasteiger partial charge in [-0.25, -0.2) is 4.98 Å². The average molecular weight is 327 g/mol. The van der Waals surface area contributed by atoms with Crippen molar-refractivity contribution in [3.8, 4) is 0 Å². The van der Waals surface area contributed by atoms with Crippen LogP contribution < -0.4 is 4.90 Å². The summed E-state index contributed by atoms with van der Waals surface area (Å²) in [6.07, 6.45) is 7.86. The number of anilines is 1. The molecule has 0 amide bonds. The minimum absolute atomic E-state index is 0.325. The lowest BCUT2D eigenvalue weighted by Crippen LogP contribution is -2.41. The van der Waals surface area contributed by atoms with E-state index in [9.17, 15) is 4.79 Å². The van der Waals surface area contributed by atoms with E-state index in [2.05, 4.69) is 28.9 Å². The van der Waals surface area contributed by atoms with Gasteiger partial charge in [-0.05, 0) is 50.2 Å². The van der Waals surface area contributed by atoms with Crippen molar-refractivity contribution in [1.82, 2.24) is 9.97 Å². The molecule has 1 N–H and O–H groups in total. The number of piperidine rings is 1. The number of aromatic nitrogens is 2. The lowest BCUT2D eigenvalue weighted by Gasteiger charge is -2.42. The highest BCUT2D eigenvalue weighted by Gasteiger charge is 2.34. The third-order valence-electron chi connectivity index (χ3n) is 5.57. The van der Waals surface area contributed by atoms with Crippen molar-refractivity contribution in [3.05, 3.63) is 24.3 Å². The molecule has 0 aliphatic carbocycles. The van der Waals surface area contributed by atoms with E-state index in [-0.39, 0.29) is 0 Å². The minimum Gasteiger partial charge on any atom is -0.342 e. The van der Waals surface area contributed by atoms with Gasteiger partial charge in [-0.2, -0.15) is 0 Å². The van der Waals surface area contributed by atoms with Crippen LogP contribution in [0.25, 0.3) is 11.0 Å². The maximum absolute atomic E-state index is 11.5. The minimum atomic E-state index is 0.325. The monoisotopic (exact) mass is 327 g/mol. The second kappa shape index (κ2) is 7.37. The molecule has 0 spiro atoms. The topological polar surface area (TPSA) is 49.0 Å². The van der Waals surface area contributed by atoms with Crippen molar-refractivity contribution in [1.29, 1.82) is 0 Å². The largest absolute Gasteiger partial charge is 0.342 e. The Morgan fingerprint density at radius 1 is 1.25 bits per heavy atom. The maximum atomic E-state index is 11.5. The van der Waals surface area contributed by atoms with Gasteiger partial charge in [0, 0.05) is 19.5 Å². The number of hydrogen-bond donors (Lipinski definition) is 1. The van der Waals surface area contributed by atoms with E-state index in [1.54, 1.807) is 6.92 Å². The normalized spacial score (nSPS) is 17.3. The lowest BCUT2D eigenvalue weighted by molar-refractivity contribution is -0.117. The van der Waals surface area contributed by atoms with Crippen LogP contribution in [0.5, 0.6) is 0 Å². The molecule has 4 nitrogen and oxygen atoms in total. The van der Waals surface area contributed by atoms with Crippen LogP contribution in [-0.2, 0) is 4.79 Å². The van der Waals surface area contributed by atoms with E-state index >= 15 is 0 Å². The molecule has 130 valence electrons. The molecule has 0 radical (unpaired) electrons. The molecule has 2 heterocycles. The van der Waals surface area contributed by atoms with Crippen LogP contribution in [0.1, 0.15) is 58.8 Å². The third kappa shape index (κ3) is 3.80. The van der Waals surface area contributed by atoms with Crippen LogP contribution in [0.4, 0.5) is 5.95 Å². The van der Waals surface area contributed by atoms with Crippen molar-refractivity contribution >= 4 is 22.8 Å². The summed E-state index contributed by atoms with van der Waals surface area (Å²) in [5, 5.41) is 0. The van der Waals surface area contributed by atoms with Crippen LogP contribution in [0, 0.1) is 5.41 Å². The van der Waals surface area contributed by atoms with Crippen molar-refractivity contribution < 1.29 is 4.79 Å². The van der Waals surface area contributed by atoms with E-state index in [4.69, 9.17) is 4.98 Å². The zero-order valence-electron chi connectivity index (χ0n) is 15.0. The average Bonchev–Trinajstić information content (AvgIpc) is 3.03. The smallest absolute Gasteiger partial charge is 0.203 e. The molecule has 2 aromatic rings. The second-order valence-electron chi connectivity index (χ2n) is 7.37. The number of carbonyl (C=O) groups is 1. The van der Waals surface area contributed by atoms with Crippen molar-refractivity contribution in [2.75, 3.05) is 18.0 Å². The Labute approximate surface area is 144 Å². The Balaban J connectivity index is 1.68. The van der Waals surface area contributed by atoms with Gasteiger partial charge in [0.15, 0.2) is 0 Å². The quantitative estimate of drug-likeness (QED) is 0.801. The van der Waals surface area contributed by atoms with Crippen LogP contribution in [0.2, 0.25) is 0 Å². The number of benzene rings is 1. The first kappa shape index (κ1) is 17.0. The van der Waals surface area contributed by atoms with Gasteiger partial charge in [0.25, 0.3) is 0 Å². The molecule has 0 atom stereocenters. The van der Waals surface area contributed by atoms with Crippen molar-refractivity contribution in [2.24, 2.45) is 5.41 Å². The summed E-state index contributed by atoms with van der Waals surface area (Å²) in [6, 6.07) is 8.20. The number of ketones is 1. The summed E-state index contributed by atoms with van der Waals surface area (Å²) in [6.45, 7) is 6.03. The number of H-pyrrole nitrogens is 1. The standard InChI is InChI=1S/C20H29N3O/c1-3-4-10-20(11-9-16(2)24)12-14-23(15-13-20)19-21-17-7-5-6-8-18(17)22-19/h5-8H,3-4,9-15H2,1-2H3,(H,21,22). The van der Waals surface area contributed by atoms with Crippen molar-refractivity contribution in [3.63, 3.8) is 0 Å². The van der Waals surface area contributed by atoms with Crippen LogP contribution in [0.3, 0.4) is 0 Å². The van der Waals surface area contributed by atoms with E-state index in [0.29, 0.717) is 11.2 Å². The predicted molar refractivity (Wildman–Crippen MR) is 99.4 cm³/mol. The highest BCUT2D eigenvalue weighted by molar-refractivity contribution is 5.77. The number of hydrogen-bond acceptors (Lipinski definition) is 3. The molecule has 3 rings (SSSR count). The molecule has 1 aromatic heterocycles. The molecule has 24 heavy (non-hydrogen) atoms.